The van der Waals surface area contributed by atoms with Crippen LogP contribution in [0.3, 0.4) is 0 Å². The van der Waals surface area contributed by atoms with Crippen LogP contribution < -0.4 is 14.4 Å². The number of nitro groups is 1. The van der Waals surface area contributed by atoms with E-state index < -0.39 is 44.9 Å². The maximum atomic E-state index is 14.0. The molecule has 0 aliphatic heterocycles. The van der Waals surface area contributed by atoms with Gasteiger partial charge in [0.25, 0.3) is 15.7 Å². The molecule has 0 aliphatic rings. The van der Waals surface area contributed by atoms with Crippen LogP contribution in [0.15, 0.2) is 76.1 Å². The summed E-state index contributed by atoms with van der Waals surface area (Å²) in [5.41, 5.74) is 0.200. The number of halogens is 1. The summed E-state index contributed by atoms with van der Waals surface area (Å²) in [6.45, 7) is 7.87. The van der Waals surface area contributed by atoms with Gasteiger partial charge in [-0.15, -0.1) is 0 Å². The normalized spacial score (nSPS) is 12.3. The maximum absolute atomic E-state index is 14.0. The number of nitro benzene ring substituents is 1. The Morgan fingerprint density at radius 2 is 1.65 bits per heavy atom. The highest BCUT2D eigenvalue weighted by molar-refractivity contribution is 9.10. The first-order chi connectivity index (χ1) is 20.0. The average Bonchev–Trinajstić information content (AvgIpc) is 2.94. The third-order valence-electron chi connectivity index (χ3n) is 6.54. The lowest BCUT2D eigenvalue weighted by atomic mass is 10.1. The molecule has 0 saturated carbocycles. The summed E-state index contributed by atoms with van der Waals surface area (Å²) in [6.07, 6.45) is 0. The van der Waals surface area contributed by atoms with Gasteiger partial charge in [-0.25, -0.2) is 8.42 Å². The first kappa shape index (κ1) is 33.5. The molecule has 43 heavy (non-hydrogen) atoms. The molecule has 0 radical (unpaired) electrons. The molecular formula is C30H35BrN4O7S. The molecule has 0 heterocycles. The minimum Gasteiger partial charge on any atom is -0.497 e. The number of hydrogen-bond donors (Lipinski definition) is 1. The summed E-state index contributed by atoms with van der Waals surface area (Å²) in [4.78, 5) is 39.1. The highest BCUT2D eigenvalue weighted by atomic mass is 79.9. The second-order valence-electron chi connectivity index (χ2n) is 11.0. The standard InChI is InChI=1S/C30H35BrN4O7S/c1-20-7-16-26(17-27(20)35(38)39)43(40,41)34(24-12-14-25(42-6)15-13-24)19-28(36)33(18-22-8-10-23(31)11-9-22)21(2)29(37)32-30(3,4)5/h7-17,21H,18-19H2,1-6H3,(H,32,37)/t21-/m0/s1. The Kier molecular flexibility index (Phi) is 10.6. The molecule has 0 saturated heterocycles. The molecule has 0 aromatic heterocycles. The van der Waals surface area contributed by atoms with Crippen LogP contribution >= 0.6 is 15.9 Å². The number of carbonyl (C=O) groups is 2. The second-order valence-corrected chi connectivity index (χ2v) is 13.8. The Labute approximate surface area is 260 Å². The van der Waals surface area contributed by atoms with Crippen LogP contribution in [0.4, 0.5) is 11.4 Å². The van der Waals surface area contributed by atoms with Crippen molar-refractivity contribution in [3.05, 3.63) is 92.4 Å². The van der Waals surface area contributed by atoms with Gasteiger partial charge < -0.3 is 15.0 Å². The Balaban J connectivity index is 2.10. The van der Waals surface area contributed by atoms with Gasteiger partial charge >= 0.3 is 0 Å². The SMILES string of the molecule is COc1ccc(N(CC(=O)N(Cc2ccc(Br)cc2)[C@@H](C)C(=O)NC(C)(C)C)S(=O)(=O)c2ccc(C)c([N+](=O)[O-])c2)cc1. The van der Waals surface area contributed by atoms with E-state index in [-0.39, 0.29) is 28.4 Å². The van der Waals surface area contributed by atoms with Gasteiger partial charge in [0.05, 0.1) is 22.6 Å². The zero-order chi connectivity index (χ0) is 32.1. The number of aryl methyl sites for hydroxylation is 1. The fourth-order valence-electron chi connectivity index (χ4n) is 4.19. The topological polar surface area (TPSA) is 139 Å². The molecule has 230 valence electrons. The minimum absolute atomic E-state index is 0.0251. The highest BCUT2D eigenvalue weighted by Gasteiger charge is 2.34. The summed E-state index contributed by atoms with van der Waals surface area (Å²) in [5.74, 6) is -0.603. The van der Waals surface area contributed by atoms with Crippen molar-refractivity contribution in [1.82, 2.24) is 10.2 Å². The van der Waals surface area contributed by atoms with Crippen molar-refractivity contribution in [2.75, 3.05) is 18.0 Å². The van der Waals surface area contributed by atoms with E-state index in [4.69, 9.17) is 4.74 Å². The molecule has 0 spiro atoms. The summed E-state index contributed by atoms with van der Waals surface area (Å²) < 4.78 is 35.0. The van der Waals surface area contributed by atoms with E-state index in [1.807, 2.05) is 20.8 Å². The Hall–Kier alpha value is -3.97. The summed E-state index contributed by atoms with van der Waals surface area (Å²) in [7, 11) is -3.03. The predicted octanol–water partition coefficient (Wildman–Crippen LogP) is 5.20. The van der Waals surface area contributed by atoms with Crippen LogP contribution in [0.5, 0.6) is 5.75 Å². The smallest absolute Gasteiger partial charge is 0.273 e. The van der Waals surface area contributed by atoms with E-state index in [2.05, 4.69) is 21.2 Å². The van der Waals surface area contributed by atoms with Gasteiger partial charge in [-0.2, -0.15) is 0 Å². The molecule has 11 nitrogen and oxygen atoms in total. The number of hydrogen-bond acceptors (Lipinski definition) is 7. The quantitative estimate of drug-likeness (QED) is 0.218. The van der Waals surface area contributed by atoms with Gasteiger partial charge in [-0.3, -0.25) is 24.0 Å². The van der Waals surface area contributed by atoms with Gasteiger partial charge in [0.15, 0.2) is 0 Å². The van der Waals surface area contributed by atoms with Crippen molar-refractivity contribution in [3.63, 3.8) is 0 Å². The lowest BCUT2D eigenvalue weighted by molar-refractivity contribution is -0.385. The lowest BCUT2D eigenvalue weighted by Crippen LogP contribution is -2.54. The average molecular weight is 676 g/mol. The molecule has 0 bridgehead atoms. The summed E-state index contributed by atoms with van der Waals surface area (Å²) in [5, 5.41) is 14.5. The van der Waals surface area contributed by atoms with Crippen molar-refractivity contribution < 1.29 is 27.7 Å². The molecule has 0 unspecified atom stereocenters. The number of nitrogens with one attached hydrogen (secondary N) is 1. The monoisotopic (exact) mass is 674 g/mol. The van der Waals surface area contributed by atoms with Gasteiger partial charge in [0.2, 0.25) is 11.8 Å². The van der Waals surface area contributed by atoms with E-state index in [1.54, 1.807) is 43.3 Å². The van der Waals surface area contributed by atoms with E-state index in [0.29, 0.717) is 5.75 Å². The van der Waals surface area contributed by atoms with Crippen molar-refractivity contribution in [2.24, 2.45) is 0 Å². The van der Waals surface area contributed by atoms with Gasteiger partial charge in [-0.1, -0.05) is 34.1 Å². The number of nitrogens with zero attached hydrogens (tertiary/aromatic N) is 3. The third-order valence-corrected chi connectivity index (χ3v) is 8.83. The first-order valence-corrected chi connectivity index (χ1v) is 15.5. The maximum Gasteiger partial charge on any atom is 0.273 e. The molecule has 2 amide bonds. The number of benzene rings is 3. The summed E-state index contributed by atoms with van der Waals surface area (Å²) >= 11 is 3.39. The summed E-state index contributed by atoms with van der Waals surface area (Å²) in [6, 6.07) is 15.8. The minimum atomic E-state index is -4.49. The molecular weight excluding hydrogens is 640 g/mol. The fraction of sp³-hybridized carbons (Fsp3) is 0.333. The lowest BCUT2D eigenvalue weighted by Gasteiger charge is -2.33. The number of carbonyl (C=O) groups excluding carboxylic acids is 2. The fourth-order valence-corrected chi connectivity index (χ4v) is 5.89. The number of rotatable bonds is 11. The molecule has 3 aromatic rings. The van der Waals surface area contributed by atoms with Crippen LogP contribution in [-0.4, -0.2) is 55.3 Å². The van der Waals surface area contributed by atoms with E-state index >= 15 is 0 Å². The predicted molar refractivity (Wildman–Crippen MR) is 167 cm³/mol. The van der Waals surface area contributed by atoms with Crippen LogP contribution in [0.25, 0.3) is 0 Å². The second kappa shape index (κ2) is 13.6. The molecule has 1 atom stereocenters. The van der Waals surface area contributed by atoms with Gasteiger partial charge in [0.1, 0.15) is 18.3 Å². The number of ether oxygens (including phenoxy) is 1. The Morgan fingerprint density at radius 3 is 2.19 bits per heavy atom. The van der Waals surface area contributed by atoms with E-state index in [0.717, 1.165) is 20.4 Å². The largest absolute Gasteiger partial charge is 0.497 e. The van der Waals surface area contributed by atoms with Crippen molar-refractivity contribution in [2.45, 2.75) is 57.6 Å². The molecule has 1 N–H and O–H groups in total. The van der Waals surface area contributed by atoms with Gasteiger partial charge in [0, 0.05) is 28.2 Å². The molecule has 3 aromatic carbocycles. The van der Waals surface area contributed by atoms with Crippen LogP contribution in [0.2, 0.25) is 0 Å². The molecule has 0 aliphatic carbocycles. The number of sulfonamides is 1. The Bertz CT molecular complexity index is 1590. The molecule has 0 fully saturated rings. The zero-order valence-electron chi connectivity index (χ0n) is 24.8. The van der Waals surface area contributed by atoms with Crippen LogP contribution in [0, 0.1) is 17.0 Å². The van der Waals surface area contributed by atoms with Crippen LogP contribution in [-0.2, 0) is 26.2 Å². The van der Waals surface area contributed by atoms with Crippen molar-refractivity contribution in [3.8, 4) is 5.75 Å². The van der Waals surface area contributed by atoms with Crippen molar-refractivity contribution >= 4 is 49.1 Å². The van der Waals surface area contributed by atoms with Gasteiger partial charge in [-0.05, 0) is 82.6 Å². The molecule has 13 heteroatoms. The third kappa shape index (κ3) is 8.54. The Morgan fingerprint density at radius 1 is 1.05 bits per heavy atom. The van der Waals surface area contributed by atoms with E-state index in [1.165, 1.54) is 43.2 Å². The van der Waals surface area contributed by atoms with Crippen molar-refractivity contribution in [1.29, 1.82) is 0 Å². The number of amides is 2. The highest BCUT2D eigenvalue weighted by Crippen LogP contribution is 2.29. The van der Waals surface area contributed by atoms with Crippen LogP contribution in [0.1, 0.15) is 38.8 Å². The van der Waals surface area contributed by atoms with E-state index in [9.17, 15) is 28.1 Å². The number of anilines is 1. The zero-order valence-corrected chi connectivity index (χ0v) is 27.2. The molecule has 3 rings (SSSR count). The number of methoxy groups -OCH3 is 1. The first-order valence-electron chi connectivity index (χ1n) is 13.3.